The first-order valence-electron chi connectivity index (χ1n) is 5.50. The summed E-state index contributed by atoms with van der Waals surface area (Å²) in [5.74, 6) is 1.18. The summed E-state index contributed by atoms with van der Waals surface area (Å²) < 4.78 is 1.21. The zero-order valence-corrected chi connectivity index (χ0v) is 11.4. The Balaban J connectivity index is 2.06. The molecule has 1 N–H and O–H groups in total. The maximum atomic E-state index is 4.43. The third kappa shape index (κ3) is 5.54. The molecule has 0 saturated carbocycles. The summed E-state index contributed by atoms with van der Waals surface area (Å²) in [5.41, 5.74) is 1.14. The van der Waals surface area contributed by atoms with Gasteiger partial charge in [0.05, 0.1) is 0 Å². The van der Waals surface area contributed by atoms with Gasteiger partial charge in [-0.2, -0.15) is 0 Å². The van der Waals surface area contributed by atoms with Gasteiger partial charge in [0, 0.05) is 22.9 Å². The van der Waals surface area contributed by atoms with Crippen LogP contribution in [0.25, 0.3) is 0 Å². The number of hydrogen-bond donors (Lipinski definition) is 1. The monoisotopic (exact) mass is 244 g/mol. The van der Waals surface area contributed by atoms with Gasteiger partial charge < -0.3 is 5.32 Å². The van der Waals surface area contributed by atoms with Crippen molar-refractivity contribution in [3.63, 3.8) is 0 Å². The molecule has 0 aliphatic rings. The molecule has 86 valence electrons. The topological polar surface area (TPSA) is 24.9 Å². The molecular formula is C11H20N2S2. The summed E-state index contributed by atoms with van der Waals surface area (Å²) in [6, 6.07) is 0.647. The lowest BCUT2D eigenvalue weighted by atomic mass is 10.2. The van der Waals surface area contributed by atoms with Crippen LogP contribution in [0.2, 0.25) is 0 Å². The zero-order chi connectivity index (χ0) is 11.1. The molecule has 15 heavy (non-hydrogen) atoms. The molecule has 0 spiro atoms. The predicted molar refractivity (Wildman–Crippen MR) is 69.9 cm³/mol. The minimum absolute atomic E-state index is 0.647. The maximum absolute atomic E-state index is 4.43. The third-order valence-corrected chi connectivity index (χ3v) is 4.38. The molecule has 0 aromatic carbocycles. The first kappa shape index (κ1) is 13.0. The number of thiazole rings is 1. The zero-order valence-electron chi connectivity index (χ0n) is 9.75. The minimum atomic E-state index is 0.647. The van der Waals surface area contributed by atoms with Crippen LogP contribution in [0.3, 0.4) is 0 Å². The van der Waals surface area contributed by atoms with E-state index >= 15 is 0 Å². The van der Waals surface area contributed by atoms with Crippen LogP contribution < -0.4 is 5.32 Å². The SMILES string of the molecule is CCNC(C)CCCSc1nc(C)cs1. The van der Waals surface area contributed by atoms with Crippen molar-refractivity contribution in [2.45, 2.75) is 44.0 Å². The van der Waals surface area contributed by atoms with Crippen molar-refractivity contribution in [1.29, 1.82) is 0 Å². The van der Waals surface area contributed by atoms with Crippen LogP contribution >= 0.6 is 23.1 Å². The predicted octanol–water partition coefficient (Wildman–Crippen LogP) is 3.32. The standard InChI is InChI=1S/C11H20N2S2/c1-4-12-9(2)6-5-7-14-11-13-10(3)8-15-11/h8-9,12H,4-7H2,1-3H3. The first-order valence-corrected chi connectivity index (χ1v) is 7.37. The molecule has 1 aromatic rings. The molecular weight excluding hydrogens is 224 g/mol. The van der Waals surface area contributed by atoms with E-state index in [1.165, 1.54) is 22.9 Å². The van der Waals surface area contributed by atoms with Crippen LogP contribution in [0, 0.1) is 6.92 Å². The van der Waals surface area contributed by atoms with E-state index < -0.39 is 0 Å². The van der Waals surface area contributed by atoms with Gasteiger partial charge in [0.25, 0.3) is 0 Å². The van der Waals surface area contributed by atoms with Crippen molar-refractivity contribution in [3.8, 4) is 0 Å². The average molecular weight is 244 g/mol. The van der Waals surface area contributed by atoms with Crippen LogP contribution in [-0.2, 0) is 0 Å². The Morgan fingerprint density at radius 1 is 1.60 bits per heavy atom. The largest absolute Gasteiger partial charge is 0.315 e. The van der Waals surface area contributed by atoms with Gasteiger partial charge in [0.2, 0.25) is 0 Å². The number of nitrogens with one attached hydrogen (secondary N) is 1. The van der Waals surface area contributed by atoms with Gasteiger partial charge in [-0.15, -0.1) is 11.3 Å². The molecule has 4 heteroatoms. The lowest BCUT2D eigenvalue weighted by Crippen LogP contribution is -2.25. The number of nitrogens with zero attached hydrogens (tertiary/aromatic N) is 1. The van der Waals surface area contributed by atoms with Gasteiger partial charge in [-0.3, -0.25) is 0 Å². The van der Waals surface area contributed by atoms with Crippen molar-refractivity contribution in [1.82, 2.24) is 10.3 Å². The van der Waals surface area contributed by atoms with E-state index in [0.717, 1.165) is 12.2 Å². The van der Waals surface area contributed by atoms with Gasteiger partial charge in [-0.25, -0.2) is 4.98 Å². The molecule has 0 radical (unpaired) electrons. The molecule has 1 heterocycles. The summed E-state index contributed by atoms with van der Waals surface area (Å²) in [6.07, 6.45) is 2.52. The number of aromatic nitrogens is 1. The number of hydrogen-bond acceptors (Lipinski definition) is 4. The maximum Gasteiger partial charge on any atom is 0.150 e. The molecule has 0 bridgehead atoms. The van der Waals surface area contributed by atoms with Gasteiger partial charge in [-0.1, -0.05) is 18.7 Å². The summed E-state index contributed by atoms with van der Waals surface area (Å²) in [7, 11) is 0. The van der Waals surface area contributed by atoms with E-state index in [1.54, 1.807) is 11.3 Å². The minimum Gasteiger partial charge on any atom is -0.315 e. The van der Waals surface area contributed by atoms with Crippen LogP contribution in [0.15, 0.2) is 9.72 Å². The smallest absolute Gasteiger partial charge is 0.150 e. The summed E-state index contributed by atoms with van der Waals surface area (Å²) in [6.45, 7) is 7.53. The Bertz CT molecular complexity index is 273. The Morgan fingerprint density at radius 3 is 3.00 bits per heavy atom. The Morgan fingerprint density at radius 2 is 2.40 bits per heavy atom. The van der Waals surface area contributed by atoms with E-state index in [4.69, 9.17) is 0 Å². The van der Waals surface area contributed by atoms with Crippen LogP contribution in [0.4, 0.5) is 0 Å². The number of rotatable bonds is 7. The van der Waals surface area contributed by atoms with E-state index in [1.807, 2.05) is 18.7 Å². The quantitative estimate of drug-likeness (QED) is 0.588. The van der Waals surface area contributed by atoms with Gasteiger partial charge >= 0.3 is 0 Å². The van der Waals surface area contributed by atoms with Gasteiger partial charge in [0.1, 0.15) is 4.34 Å². The Kier molecular flexibility index (Phi) is 6.29. The lowest BCUT2D eigenvalue weighted by molar-refractivity contribution is 0.526. The number of aryl methyl sites for hydroxylation is 1. The van der Waals surface area contributed by atoms with Crippen LogP contribution in [-0.4, -0.2) is 23.3 Å². The lowest BCUT2D eigenvalue weighted by Gasteiger charge is -2.10. The first-order chi connectivity index (χ1) is 7.22. The highest BCUT2D eigenvalue weighted by atomic mass is 32.2. The fourth-order valence-corrected chi connectivity index (χ4v) is 3.28. The molecule has 0 amide bonds. The normalized spacial score (nSPS) is 13.0. The molecule has 0 aliphatic heterocycles. The third-order valence-electron chi connectivity index (χ3n) is 2.16. The van der Waals surface area contributed by atoms with Crippen LogP contribution in [0.5, 0.6) is 0 Å². The second-order valence-electron chi connectivity index (χ2n) is 3.70. The van der Waals surface area contributed by atoms with E-state index in [2.05, 4.69) is 29.5 Å². The Hall–Kier alpha value is -0.0600. The molecule has 0 aliphatic carbocycles. The van der Waals surface area contributed by atoms with Crippen molar-refractivity contribution < 1.29 is 0 Å². The second kappa shape index (κ2) is 7.25. The average Bonchev–Trinajstić information content (AvgIpc) is 2.60. The number of thioether (sulfide) groups is 1. The summed E-state index contributed by atoms with van der Waals surface area (Å²) >= 11 is 3.64. The molecule has 1 unspecified atom stereocenters. The molecule has 2 nitrogen and oxygen atoms in total. The molecule has 1 atom stereocenters. The van der Waals surface area contributed by atoms with E-state index in [0.29, 0.717) is 6.04 Å². The Labute approximate surface area is 101 Å². The fourth-order valence-electron chi connectivity index (χ4n) is 1.40. The van der Waals surface area contributed by atoms with Gasteiger partial charge in [-0.05, 0) is 33.2 Å². The van der Waals surface area contributed by atoms with E-state index in [-0.39, 0.29) is 0 Å². The van der Waals surface area contributed by atoms with Crippen molar-refractivity contribution in [2.75, 3.05) is 12.3 Å². The highest BCUT2D eigenvalue weighted by Gasteiger charge is 2.01. The highest BCUT2D eigenvalue weighted by Crippen LogP contribution is 2.23. The van der Waals surface area contributed by atoms with Crippen LogP contribution in [0.1, 0.15) is 32.4 Å². The van der Waals surface area contributed by atoms with Crippen molar-refractivity contribution in [2.24, 2.45) is 0 Å². The second-order valence-corrected chi connectivity index (χ2v) is 5.90. The highest BCUT2D eigenvalue weighted by molar-refractivity contribution is 8.00. The van der Waals surface area contributed by atoms with Crippen molar-refractivity contribution in [3.05, 3.63) is 11.1 Å². The molecule has 0 fully saturated rings. The fraction of sp³-hybridized carbons (Fsp3) is 0.727. The van der Waals surface area contributed by atoms with E-state index in [9.17, 15) is 0 Å². The molecule has 1 aromatic heterocycles. The molecule has 1 rings (SSSR count). The van der Waals surface area contributed by atoms with Crippen molar-refractivity contribution >= 4 is 23.1 Å². The summed E-state index contributed by atoms with van der Waals surface area (Å²) in [5, 5.41) is 5.54. The summed E-state index contributed by atoms with van der Waals surface area (Å²) in [4.78, 5) is 4.43. The molecule has 0 saturated heterocycles. The van der Waals surface area contributed by atoms with Gasteiger partial charge in [0.15, 0.2) is 0 Å².